The van der Waals surface area contributed by atoms with Gasteiger partial charge in [-0.2, -0.15) is 75.8 Å². The lowest BCUT2D eigenvalue weighted by atomic mass is 10.0. The molecule has 0 aromatic carbocycles. The number of carbonyl (C=O) groups is 15. The van der Waals surface area contributed by atoms with Gasteiger partial charge in [0.15, 0.2) is 0 Å². The molecule has 0 aliphatic carbocycles. The molecule has 13 amide bonds. The second-order valence-corrected chi connectivity index (χ2v) is 21.4. The fraction of sp³-hybridized carbons (Fsp3) is 0.674. The lowest BCUT2D eigenvalue weighted by Crippen LogP contribution is -2.61. The van der Waals surface area contributed by atoms with Crippen molar-refractivity contribution in [3.05, 3.63) is 0 Å². The number of nitrogens with one attached hydrogen (secondary N) is 11. The van der Waals surface area contributed by atoms with E-state index in [1.54, 1.807) is 13.8 Å². The van der Waals surface area contributed by atoms with Gasteiger partial charge in [0.1, 0.15) is 66.5 Å². The van der Waals surface area contributed by atoms with E-state index in [-0.39, 0.29) is 60.5 Å². The monoisotopic (exact) mass is 1290 g/mol. The Bertz CT molecular complexity index is 2370. The third-order valence-electron chi connectivity index (χ3n) is 12.0. The van der Waals surface area contributed by atoms with Gasteiger partial charge in [-0.1, -0.05) is 13.8 Å². The average molecular weight is 1290 g/mol. The second kappa shape index (κ2) is 38.1. The molecular weight excluding hydrogens is 1210 g/mol. The molecule has 468 valence electrons. The number of thiol groups is 6. The Morgan fingerprint density at radius 3 is 1.39 bits per heavy atom. The molecule has 0 bridgehead atoms. The Morgan fingerprint density at radius 1 is 0.506 bits per heavy atom. The van der Waals surface area contributed by atoms with Gasteiger partial charge in [-0.15, -0.1) is 0 Å². The predicted molar refractivity (Wildman–Crippen MR) is 317 cm³/mol. The Labute approximate surface area is 511 Å². The smallest absolute Gasteiger partial charge is 0.327 e. The zero-order chi connectivity index (χ0) is 63.4. The Hall–Kier alpha value is -5.89. The quantitative estimate of drug-likeness (QED) is 0.0257. The van der Waals surface area contributed by atoms with Crippen LogP contribution < -0.4 is 70.0 Å². The highest BCUT2D eigenvalue weighted by Gasteiger charge is 2.41. The number of carboxylic acids is 2. The van der Waals surface area contributed by atoms with Gasteiger partial charge in [0.05, 0.1) is 19.0 Å². The van der Waals surface area contributed by atoms with E-state index < -0.39 is 193 Å². The summed E-state index contributed by atoms with van der Waals surface area (Å²) in [6.45, 7) is 5.24. The van der Waals surface area contributed by atoms with Crippen molar-refractivity contribution >= 4 is 165 Å². The number of carboxylic acid groups (broad SMARTS) is 2. The molecule has 0 unspecified atom stereocenters. The van der Waals surface area contributed by atoms with Crippen molar-refractivity contribution < 1.29 is 82.1 Å². The Balaban J connectivity index is 3.13. The van der Waals surface area contributed by atoms with E-state index in [1.165, 1.54) is 13.8 Å². The molecule has 1 heterocycles. The first-order valence-corrected chi connectivity index (χ1v) is 29.4. The van der Waals surface area contributed by atoms with Crippen molar-refractivity contribution in [3.63, 3.8) is 0 Å². The van der Waals surface area contributed by atoms with Crippen LogP contribution in [0.5, 0.6) is 0 Å². The third kappa shape index (κ3) is 26.3. The van der Waals surface area contributed by atoms with Crippen LogP contribution in [0.2, 0.25) is 0 Å². The van der Waals surface area contributed by atoms with E-state index in [2.05, 4.69) is 134 Å². The summed E-state index contributed by atoms with van der Waals surface area (Å²) < 4.78 is 0. The van der Waals surface area contributed by atoms with Crippen molar-refractivity contribution in [2.45, 2.75) is 139 Å². The minimum absolute atomic E-state index is 0.0490. The van der Waals surface area contributed by atoms with Crippen molar-refractivity contribution in [3.8, 4) is 0 Å². The van der Waals surface area contributed by atoms with E-state index in [0.29, 0.717) is 0 Å². The van der Waals surface area contributed by atoms with Crippen LogP contribution in [0.4, 0.5) is 0 Å². The maximum atomic E-state index is 14.1. The molecular formula is C46H76N14O17S6. The first kappa shape index (κ1) is 75.1. The molecule has 1 rings (SSSR count). The van der Waals surface area contributed by atoms with Crippen LogP contribution in [0.1, 0.15) is 66.2 Å². The first-order valence-electron chi connectivity index (χ1n) is 25.6. The fourth-order valence-corrected chi connectivity index (χ4v) is 8.89. The Morgan fingerprint density at radius 2 is 0.928 bits per heavy atom. The van der Waals surface area contributed by atoms with Crippen LogP contribution in [0.25, 0.3) is 0 Å². The van der Waals surface area contributed by atoms with Crippen molar-refractivity contribution in [1.82, 2.24) is 63.4 Å². The molecule has 12 atom stereocenters. The molecule has 31 nitrogen and oxygen atoms in total. The number of hydrogen-bond donors (Lipinski definition) is 21. The minimum Gasteiger partial charge on any atom is -0.481 e. The zero-order valence-electron chi connectivity index (χ0n) is 45.7. The zero-order valence-corrected chi connectivity index (χ0v) is 51.1. The summed E-state index contributed by atoms with van der Waals surface area (Å²) in [6.07, 6.45) is -1.59. The molecule has 0 aromatic rings. The maximum absolute atomic E-state index is 14.1. The van der Waals surface area contributed by atoms with E-state index >= 15 is 0 Å². The molecule has 1 aliphatic rings. The van der Waals surface area contributed by atoms with E-state index in [9.17, 15) is 77.0 Å². The van der Waals surface area contributed by atoms with Gasteiger partial charge < -0.3 is 85.1 Å². The summed E-state index contributed by atoms with van der Waals surface area (Å²) in [5.74, 6) is -16.6. The van der Waals surface area contributed by atoms with Crippen molar-refractivity contribution in [1.29, 1.82) is 0 Å². The van der Waals surface area contributed by atoms with Crippen LogP contribution >= 0.6 is 75.8 Å². The molecule has 0 spiro atoms. The first-order chi connectivity index (χ1) is 38.9. The van der Waals surface area contributed by atoms with Crippen molar-refractivity contribution in [2.75, 3.05) is 47.6 Å². The topological polar surface area (TPSA) is 484 Å². The lowest BCUT2D eigenvalue weighted by Gasteiger charge is -2.30. The highest BCUT2D eigenvalue weighted by Crippen LogP contribution is 2.20. The molecule has 37 heteroatoms. The summed E-state index contributed by atoms with van der Waals surface area (Å²) in [4.78, 5) is 195. The van der Waals surface area contributed by atoms with Crippen LogP contribution in [-0.2, 0) is 71.9 Å². The predicted octanol–water partition coefficient (Wildman–Crippen LogP) is -7.24. The van der Waals surface area contributed by atoms with E-state index in [0.717, 1.165) is 4.90 Å². The minimum atomic E-state index is -1.71. The fourth-order valence-electron chi connectivity index (χ4n) is 7.45. The number of amides is 13. The van der Waals surface area contributed by atoms with Crippen LogP contribution in [0.3, 0.4) is 0 Å². The number of nitrogens with two attached hydrogens (primary N) is 2. The number of primary amides is 1. The van der Waals surface area contributed by atoms with Gasteiger partial charge in [0, 0.05) is 47.5 Å². The number of aliphatic carboxylic acids is 2. The van der Waals surface area contributed by atoms with Gasteiger partial charge in [0.2, 0.25) is 76.8 Å². The summed E-state index contributed by atoms with van der Waals surface area (Å²) in [7, 11) is 0. The van der Waals surface area contributed by atoms with Gasteiger partial charge in [-0.3, -0.25) is 67.1 Å². The van der Waals surface area contributed by atoms with Gasteiger partial charge in [-0.05, 0) is 45.4 Å². The van der Waals surface area contributed by atoms with E-state index in [1.807, 2.05) is 0 Å². The molecule has 0 saturated carbocycles. The number of nitrogens with zero attached hydrogens (tertiary/aromatic N) is 1. The van der Waals surface area contributed by atoms with Crippen LogP contribution in [0, 0.1) is 5.92 Å². The average Bonchev–Trinajstić information content (AvgIpc) is 4.09. The van der Waals surface area contributed by atoms with E-state index in [4.69, 9.17) is 16.6 Å². The lowest BCUT2D eigenvalue weighted by molar-refractivity contribution is -0.143. The Kier molecular flexibility index (Phi) is 34.5. The van der Waals surface area contributed by atoms with Gasteiger partial charge in [0.25, 0.3) is 0 Å². The largest absolute Gasteiger partial charge is 0.481 e. The van der Waals surface area contributed by atoms with Crippen molar-refractivity contribution in [2.24, 2.45) is 17.4 Å². The highest BCUT2D eigenvalue weighted by atomic mass is 32.1. The van der Waals surface area contributed by atoms with Crippen LogP contribution in [0.15, 0.2) is 0 Å². The number of hydrogen-bond acceptors (Lipinski definition) is 22. The summed E-state index contributed by atoms with van der Waals surface area (Å²) in [6, 6.07) is -16.7. The highest BCUT2D eigenvalue weighted by molar-refractivity contribution is 7.81. The molecule has 0 aromatic heterocycles. The molecule has 1 aliphatic heterocycles. The standard InChI is InChI=1S/C46H76N14O17S6/c1-19(2)10-24(54-38(68)23(7-8-34(63)64)53-41(71)27(15-80)57-37(67)22(47)13-78)39(69)58-29(17-82)43(73)59-28(16-81)42(72)55-25(11-32(48)61)45(75)60-9-5-6-31(60)44(74)51-21(4)36(66)56-26(14-79)40(70)50-20(3)35(65)49-12-33(62)52-30(18-83)46(76)77/h19-31,78-83H,5-18,47H2,1-4H3,(H2,48,61)(H,49,65)(H,50,70)(H,51,74)(H,52,62)(H,53,71)(H,54,68)(H,55,72)(H,56,66)(H,57,67)(H,58,69)(H,59,73)(H,63,64)(H,76,77)/t20-,21-,22+,23-,24-,25-,26-,27-,28-,29-,30-,31-/m0/s1. The molecule has 1 saturated heterocycles. The van der Waals surface area contributed by atoms with Gasteiger partial charge >= 0.3 is 11.9 Å². The van der Waals surface area contributed by atoms with Crippen LogP contribution in [-0.4, -0.2) is 224 Å². The molecule has 1 fully saturated rings. The molecule has 17 N–H and O–H groups in total. The van der Waals surface area contributed by atoms with Gasteiger partial charge in [-0.25, -0.2) is 4.79 Å². The third-order valence-corrected chi connectivity index (χ3v) is 14.2. The number of likely N-dealkylation sites (tertiary alicyclic amines) is 1. The normalized spacial score (nSPS) is 16.8. The molecule has 0 radical (unpaired) electrons. The summed E-state index contributed by atoms with van der Waals surface area (Å²) in [5, 5.41) is 44.4. The number of rotatable bonds is 37. The number of carbonyl (C=O) groups excluding carboxylic acids is 13. The maximum Gasteiger partial charge on any atom is 0.327 e. The second-order valence-electron chi connectivity index (χ2n) is 19.2. The molecule has 83 heavy (non-hydrogen) atoms. The SMILES string of the molecule is CC(C)C[C@H](NC(=O)[C@H](CCC(=O)O)NC(=O)[C@H](CS)NC(=O)[C@H](N)CS)C(=O)N[C@@H](CS)C(=O)N[C@@H](CS)C(=O)N[C@@H](CC(N)=O)C(=O)N1CCC[C@H]1C(=O)N[C@@H](C)C(=O)N[C@@H](CS)C(=O)N[C@@H](C)C(=O)NCC(=O)N[C@@H](CS)C(=O)O. The summed E-state index contributed by atoms with van der Waals surface area (Å²) in [5.41, 5.74) is 11.1. The summed E-state index contributed by atoms with van der Waals surface area (Å²) >= 11 is 24.3.